The molecule has 0 bridgehead atoms. The van der Waals surface area contributed by atoms with E-state index in [-0.39, 0.29) is 11.9 Å². The zero-order chi connectivity index (χ0) is 14.5. The Morgan fingerprint density at radius 1 is 1.55 bits per heavy atom. The van der Waals surface area contributed by atoms with E-state index in [9.17, 15) is 4.79 Å². The summed E-state index contributed by atoms with van der Waals surface area (Å²) in [6.07, 6.45) is 2.17. The monoisotopic (exact) mass is 312 g/mol. The van der Waals surface area contributed by atoms with Crippen LogP contribution in [0.1, 0.15) is 19.8 Å². The summed E-state index contributed by atoms with van der Waals surface area (Å²) in [5, 5.41) is 0.706. The first-order chi connectivity index (χ1) is 9.58. The van der Waals surface area contributed by atoms with Crippen LogP contribution in [0.4, 0.5) is 0 Å². The molecule has 1 aliphatic rings. The molecule has 0 spiro atoms. The van der Waals surface area contributed by atoms with Crippen molar-refractivity contribution < 1.29 is 4.79 Å². The van der Waals surface area contributed by atoms with Gasteiger partial charge < -0.3 is 10.6 Å². The maximum Gasteiger partial charge on any atom is 0.232 e. The molecular weight excluding hydrogens is 292 g/mol. The molecule has 5 heteroatoms. The Labute approximate surface area is 129 Å². The van der Waals surface area contributed by atoms with Gasteiger partial charge in [-0.1, -0.05) is 23.7 Å². The number of likely N-dealkylation sites (tertiary alicyclic amines) is 1. The third-order valence-electron chi connectivity index (χ3n) is 3.74. The molecule has 20 heavy (non-hydrogen) atoms. The van der Waals surface area contributed by atoms with E-state index in [4.69, 9.17) is 17.3 Å². The number of halogens is 1. The van der Waals surface area contributed by atoms with E-state index in [0.29, 0.717) is 16.7 Å². The number of hydrogen-bond donors (Lipinski definition) is 1. The van der Waals surface area contributed by atoms with Crippen molar-refractivity contribution in [1.82, 2.24) is 4.90 Å². The molecule has 0 saturated carbocycles. The van der Waals surface area contributed by atoms with Gasteiger partial charge in [-0.25, -0.2) is 0 Å². The topological polar surface area (TPSA) is 46.3 Å². The molecule has 2 atom stereocenters. The molecule has 0 aromatic heterocycles. The number of amides is 1. The highest BCUT2D eigenvalue weighted by Crippen LogP contribution is 2.27. The van der Waals surface area contributed by atoms with Crippen molar-refractivity contribution in [2.45, 2.75) is 30.7 Å². The average molecular weight is 313 g/mol. The molecule has 1 heterocycles. The van der Waals surface area contributed by atoms with Gasteiger partial charge in [-0.2, -0.15) is 0 Å². The largest absolute Gasteiger partial charge is 0.342 e. The third kappa shape index (κ3) is 4.14. The number of piperidine rings is 1. The van der Waals surface area contributed by atoms with Gasteiger partial charge >= 0.3 is 0 Å². The molecule has 1 aromatic carbocycles. The Hall–Kier alpha value is -0.710. The Bertz CT molecular complexity index is 467. The van der Waals surface area contributed by atoms with Crippen LogP contribution in [0, 0.1) is 5.92 Å². The quantitative estimate of drug-likeness (QED) is 0.869. The molecular formula is C15H21ClN2OS. The van der Waals surface area contributed by atoms with E-state index < -0.39 is 0 Å². The highest BCUT2D eigenvalue weighted by Gasteiger charge is 2.25. The van der Waals surface area contributed by atoms with Crippen molar-refractivity contribution >= 4 is 29.3 Å². The zero-order valence-corrected chi connectivity index (χ0v) is 13.3. The summed E-state index contributed by atoms with van der Waals surface area (Å²) in [6, 6.07) is 7.78. The number of hydrogen-bond acceptors (Lipinski definition) is 3. The van der Waals surface area contributed by atoms with Crippen molar-refractivity contribution in [2.75, 3.05) is 18.8 Å². The van der Waals surface area contributed by atoms with E-state index in [1.54, 1.807) is 0 Å². The number of carbonyl (C=O) groups excluding carboxylic acids is 1. The molecule has 2 N–H and O–H groups in total. The second kappa shape index (κ2) is 7.34. The summed E-state index contributed by atoms with van der Waals surface area (Å²) in [5.41, 5.74) is 5.95. The molecule has 1 aromatic rings. The minimum Gasteiger partial charge on any atom is -0.342 e. The second-order valence-electron chi connectivity index (χ2n) is 5.32. The molecule has 1 aliphatic heterocycles. The summed E-state index contributed by atoms with van der Waals surface area (Å²) in [5.74, 6) is 1.05. The van der Waals surface area contributed by atoms with Gasteiger partial charge in [-0.3, -0.25) is 4.79 Å². The van der Waals surface area contributed by atoms with E-state index in [0.717, 1.165) is 30.8 Å². The van der Waals surface area contributed by atoms with Crippen LogP contribution in [-0.2, 0) is 4.79 Å². The predicted molar refractivity (Wildman–Crippen MR) is 85.1 cm³/mol. The SMILES string of the molecule is CC(N)C1CCCN(C(=O)CSc2ccccc2Cl)C1. The van der Waals surface area contributed by atoms with Crippen LogP contribution in [0.15, 0.2) is 29.2 Å². The molecule has 1 saturated heterocycles. The van der Waals surface area contributed by atoms with Crippen molar-refractivity contribution in [3.05, 3.63) is 29.3 Å². The van der Waals surface area contributed by atoms with Gasteiger partial charge in [0.25, 0.3) is 0 Å². The fourth-order valence-corrected chi connectivity index (χ4v) is 3.60. The fourth-order valence-electron chi connectivity index (χ4n) is 2.46. The normalized spacial score (nSPS) is 20.8. The van der Waals surface area contributed by atoms with Crippen LogP contribution in [0.25, 0.3) is 0 Å². The first-order valence-corrected chi connectivity index (χ1v) is 8.35. The summed E-state index contributed by atoms with van der Waals surface area (Å²) in [6.45, 7) is 3.67. The Morgan fingerprint density at radius 2 is 2.30 bits per heavy atom. The van der Waals surface area contributed by atoms with Crippen molar-refractivity contribution in [3.63, 3.8) is 0 Å². The van der Waals surface area contributed by atoms with E-state index in [1.165, 1.54) is 11.8 Å². The lowest BCUT2D eigenvalue weighted by Crippen LogP contribution is -2.45. The molecule has 2 rings (SSSR count). The number of nitrogens with zero attached hydrogens (tertiary/aromatic N) is 1. The van der Waals surface area contributed by atoms with Crippen LogP contribution >= 0.6 is 23.4 Å². The van der Waals surface area contributed by atoms with Gasteiger partial charge in [-0.05, 0) is 37.8 Å². The van der Waals surface area contributed by atoms with E-state index in [2.05, 4.69) is 0 Å². The number of carbonyl (C=O) groups is 1. The molecule has 2 unspecified atom stereocenters. The molecule has 0 aliphatic carbocycles. The fraction of sp³-hybridized carbons (Fsp3) is 0.533. The van der Waals surface area contributed by atoms with Crippen molar-refractivity contribution in [1.29, 1.82) is 0 Å². The highest BCUT2D eigenvalue weighted by molar-refractivity contribution is 8.00. The lowest BCUT2D eigenvalue weighted by molar-refractivity contribution is -0.130. The van der Waals surface area contributed by atoms with Gasteiger partial charge in [0, 0.05) is 24.0 Å². The first kappa shape index (κ1) is 15.7. The standard InChI is InChI=1S/C15H21ClN2OS/c1-11(17)12-5-4-8-18(9-12)15(19)10-20-14-7-3-2-6-13(14)16/h2-3,6-7,11-12H,4-5,8-10,17H2,1H3. The Kier molecular flexibility index (Phi) is 5.75. The Morgan fingerprint density at radius 3 is 3.00 bits per heavy atom. The van der Waals surface area contributed by atoms with Gasteiger partial charge in [0.05, 0.1) is 10.8 Å². The second-order valence-corrected chi connectivity index (χ2v) is 6.74. The van der Waals surface area contributed by atoms with Crippen LogP contribution < -0.4 is 5.73 Å². The summed E-state index contributed by atoms with van der Waals surface area (Å²) in [4.78, 5) is 15.2. The maximum absolute atomic E-state index is 12.3. The molecule has 1 fully saturated rings. The third-order valence-corrected chi connectivity index (χ3v) is 5.24. The highest BCUT2D eigenvalue weighted by atomic mass is 35.5. The van der Waals surface area contributed by atoms with Gasteiger partial charge in [0.1, 0.15) is 0 Å². The van der Waals surface area contributed by atoms with Crippen molar-refractivity contribution in [2.24, 2.45) is 11.7 Å². The number of benzene rings is 1. The number of nitrogens with two attached hydrogens (primary N) is 1. The minimum absolute atomic E-state index is 0.154. The summed E-state index contributed by atoms with van der Waals surface area (Å²) in [7, 11) is 0. The number of rotatable bonds is 4. The van der Waals surface area contributed by atoms with Crippen molar-refractivity contribution in [3.8, 4) is 0 Å². The molecule has 110 valence electrons. The molecule has 0 radical (unpaired) electrons. The van der Waals surface area contributed by atoms with E-state index in [1.807, 2.05) is 36.1 Å². The maximum atomic E-state index is 12.3. The zero-order valence-electron chi connectivity index (χ0n) is 11.7. The first-order valence-electron chi connectivity index (χ1n) is 6.98. The molecule has 1 amide bonds. The predicted octanol–water partition coefficient (Wildman–Crippen LogP) is 3.02. The van der Waals surface area contributed by atoms with Crippen LogP contribution in [0.2, 0.25) is 5.02 Å². The summed E-state index contributed by atoms with van der Waals surface area (Å²) >= 11 is 7.60. The smallest absolute Gasteiger partial charge is 0.232 e. The van der Waals surface area contributed by atoms with Crippen LogP contribution in [0.3, 0.4) is 0 Å². The van der Waals surface area contributed by atoms with Crippen LogP contribution in [0.5, 0.6) is 0 Å². The molecule has 3 nitrogen and oxygen atoms in total. The lowest BCUT2D eigenvalue weighted by Gasteiger charge is -2.34. The van der Waals surface area contributed by atoms with Gasteiger partial charge in [-0.15, -0.1) is 11.8 Å². The van der Waals surface area contributed by atoms with E-state index >= 15 is 0 Å². The minimum atomic E-state index is 0.154. The van der Waals surface area contributed by atoms with Gasteiger partial charge in [0.2, 0.25) is 5.91 Å². The average Bonchev–Trinajstić information content (AvgIpc) is 2.46. The Balaban J connectivity index is 1.87. The van der Waals surface area contributed by atoms with Crippen LogP contribution in [-0.4, -0.2) is 35.7 Å². The van der Waals surface area contributed by atoms with Gasteiger partial charge in [0.15, 0.2) is 0 Å². The lowest BCUT2D eigenvalue weighted by atomic mass is 9.92. The number of thioether (sulfide) groups is 1. The summed E-state index contributed by atoms with van der Waals surface area (Å²) < 4.78 is 0.